The number of carbonyl (C=O) groups is 1. The fourth-order valence-electron chi connectivity index (χ4n) is 3.29. The van der Waals surface area contributed by atoms with Crippen LogP contribution in [0.5, 0.6) is 0 Å². The highest BCUT2D eigenvalue weighted by Crippen LogP contribution is 2.45. The van der Waals surface area contributed by atoms with E-state index in [1.54, 1.807) is 6.92 Å². The number of H-pyrrole nitrogens is 1. The lowest BCUT2D eigenvalue weighted by Gasteiger charge is -2.46. The number of aryl methyl sites for hydroxylation is 1. The molecule has 1 saturated carbocycles. The molecule has 1 aliphatic carbocycles. The summed E-state index contributed by atoms with van der Waals surface area (Å²) in [6.07, 6.45) is 1.39. The molecule has 6 nitrogen and oxygen atoms in total. The van der Waals surface area contributed by atoms with E-state index in [0.717, 1.165) is 6.42 Å². The summed E-state index contributed by atoms with van der Waals surface area (Å²) < 4.78 is 0. The lowest BCUT2D eigenvalue weighted by atomic mass is 9.61. The Bertz CT molecular complexity index is 594. The molecule has 3 N–H and O–H groups in total. The topological polar surface area (TPSA) is 95.1 Å². The van der Waals surface area contributed by atoms with Crippen LogP contribution >= 0.6 is 0 Å². The number of aromatic nitrogens is 2. The van der Waals surface area contributed by atoms with Gasteiger partial charge in [-0.25, -0.2) is 4.98 Å². The number of hydrogen-bond donors (Lipinski definition) is 3. The summed E-state index contributed by atoms with van der Waals surface area (Å²) >= 11 is 0. The third-order valence-corrected chi connectivity index (χ3v) is 4.93. The van der Waals surface area contributed by atoms with E-state index in [0.29, 0.717) is 18.1 Å². The Hall–Kier alpha value is -1.85. The zero-order chi connectivity index (χ0) is 15.8. The Morgan fingerprint density at radius 3 is 2.71 bits per heavy atom. The lowest BCUT2D eigenvalue weighted by Crippen LogP contribution is -2.48. The normalized spacial score (nSPS) is 28.1. The number of carboxylic acids is 1. The molecule has 0 amide bonds. The van der Waals surface area contributed by atoms with Crippen LogP contribution in [0.3, 0.4) is 0 Å². The highest BCUT2D eigenvalue weighted by Gasteiger charge is 2.46. The number of rotatable bonds is 3. The van der Waals surface area contributed by atoms with Crippen molar-refractivity contribution in [2.45, 2.75) is 46.6 Å². The highest BCUT2D eigenvalue weighted by atomic mass is 16.4. The molecule has 0 aliphatic heterocycles. The maximum absolute atomic E-state index is 11.5. The summed E-state index contributed by atoms with van der Waals surface area (Å²) in [7, 11) is 0. The quantitative estimate of drug-likeness (QED) is 0.792. The number of aromatic amines is 1. The van der Waals surface area contributed by atoms with E-state index >= 15 is 0 Å². The zero-order valence-corrected chi connectivity index (χ0v) is 12.9. The van der Waals surface area contributed by atoms with Gasteiger partial charge >= 0.3 is 5.97 Å². The average Bonchev–Trinajstić information content (AvgIpc) is 2.33. The Balaban J connectivity index is 2.19. The molecule has 0 aromatic carbocycles. The standard InChI is InChI=1S/C15H23N3O3/c1-8-11(6-5-10(14(20)21)15(8,3)4)18-12-7-13(19)17-9(2)16-12/h7-8,10-11H,5-6H2,1-4H3,(H,20,21)(H2,16,17,18,19). The summed E-state index contributed by atoms with van der Waals surface area (Å²) in [4.78, 5) is 29.8. The van der Waals surface area contributed by atoms with Crippen molar-refractivity contribution in [1.29, 1.82) is 0 Å². The molecule has 2 rings (SSSR count). The second-order valence-electron chi connectivity index (χ2n) is 6.55. The van der Waals surface area contributed by atoms with Gasteiger partial charge in [-0.1, -0.05) is 20.8 Å². The van der Waals surface area contributed by atoms with Crippen LogP contribution in [-0.2, 0) is 4.79 Å². The maximum atomic E-state index is 11.5. The molecule has 116 valence electrons. The number of nitrogens with one attached hydrogen (secondary N) is 2. The first-order chi connectivity index (χ1) is 9.71. The Labute approximate surface area is 124 Å². The molecule has 1 heterocycles. The fraction of sp³-hybridized carbons (Fsp3) is 0.667. The van der Waals surface area contributed by atoms with Crippen LogP contribution < -0.4 is 10.9 Å². The highest BCUT2D eigenvalue weighted by molar-refractivity contribution is 5.71. The van der Waals surface area contributed by atoms with E-state index in [-0.39, 0.29) is 28.9 Å². The van der Waals surface area contributed by atoms with Crippen LogP contribution in [-0.4, -0.2) is 27.1 Å². The van der Waals surface area contributed by atoms with Crippen LogP contribution in [0.1, 0.15) is 39.4 Å². The molecule has 0 saturated heterocycles. The second kappa shape index (κ2) is 5.50. The van der Waals surface area contributed by atoms with Crippen LogP contribution in [0.25, 0.3) is 0 Å². The van der Waals surface area contributed by atoms with Crippen LogP contribution in [0.2, 0.25) is 0 Å². The molecule has 6 heteroatoms. The van der Waals surface area contributed by atoms with Gasteiger partial charge in [0.1, 0.15) is 11.6 Å². The van der Waals surface area contributed by atoms with E-state index in [1.165, 1.54) is 6.07 Å². The van der Waals surface area contributed by atoms with Crippen molar-refractivity contribution < 1.29 is 9.90 Å². The molecule has 1 aliphatic rings. The van der Waals surface area contributed by atoms with Crippen LogP contribution in [0, 0.1) is 24.2 Å². The minimum Gasteiger partial charge on any atom is -0.481 e. The molecular formula is C15H23N3O3. The number of anilines is 1. The summed E-state index contributed by atoms with van der Waals surface area (Å²) in [5.41, 5.74) is -0.492. The molecule has 3 unspecified atom stereocenters. The molecular weight excluding hydrogens is 270 g/mol. The van der Waals surface area contributed by atoms with Gasteiger partial charge in [0.2, 0.25) is 0 Å². The SMILES string of the molecule is Cc1nc(NC2CCC(C(=O)O)C(C)(C)C2C)cc(=O)[nH]1. The van der Waals surface area contributed by atoms with Crippen LogP contribution in [0.4, 0.5) is 5.82 Å². The third kappa shape index (κ3) is 3.09. The van der Waals surface area contributed by atoms with E-state index in [2.05, 4.69) is 22.2 Å². The third-order valence-electron chi connectivity index (χ3n) is 4.93. The van der Waals surface area contributed by atoms with Crippen molar-refractivity contribution in [3.63, 3.8) is 0 Å². The summed E-state index contributed by atoms with van der Waals surface area (Å²) in [6.45, 7) is 7.80. The Morgan fingerprint density at radius 1 is 1.48 bits per heavy atom. The van der Waals surface area contributed by atoms with Crippen molar-refractivity contribution in [2.75, 3.05) is 5.32 Å². The minimum absolute atomic E-state index is 0.115. The van der Waals surface area contributed by atoms with Gasteiger partial charge in [-0.15, -0.1) is 0 Å². The predicted octanol–water partition coefficient (Wildman–Crippen LogP) is 2.02. The summed E-state index contributed by atoms with van der Waals surface area (Å²) in [5.74, 6) is 0.220. The van der Waals surface area contributed by atoms with E-state index in [1.807, 2.05) is 13.8 Å². The Morgan fingerprint density at radius 2 is 2.14 bits per heavy atom. The monoisotopic (exact) mass is 293 g/mol. The van der Waals surface area contributed by atoms with Gasteiger partial charge < -0.3 is 15.4 Å². The molecule has 0 spiro atoms. The molecule has 1 aromatic rings. The summed E-state index contributed by atoms with van der Waals surface area (Å²) in [6, 6.07) is 1.56. The van der Waals surface area contributed by atoms with Gasteiger partial charge in [0.05, 0.1) is 5.92 Å². The van der Waals surface area contributed by atoms with Crippen molar-refractivity contribution in [3.05, 3.63) is 22.2 Å². The van der Waals surface area contributed by atoms with Gasteiger partial charge in [0, 0.05) is 12.1 Å². The molecule has 0 radical (unpaired) electrons. The molecule has 1 aromatic heterocycles. The van der Waals surface area contributed by atoms with Crippen LogP contribution in [0.15, 0.2) is 10.9 Å². The fourth-order valence-corrected chi connectivity index (χ4v) is 3.29. The van der Waals surface area contributed by atoms with Crippen molar-refractivity contribution in [2.24, 2.45) is 17.3 Å². The van der Waals surface area contributed by atoms with Crippen molar-refractivity contribution in [1.82, 2.24) is 9.97 Å². The van der Waals surface area contributed by atoms with Crippen molar-refractivity contribution in [3.8, 4) is 0 Å². The number of aliphatic carboxylic acids is 1. The number of nitrogens with zero attached hydrogens (tertiary/aromatic N) is 1. The molecule has 3 atom stereocenters. The first-order valence-corrected chi connectivity index (χ1v) is 7.29. The molecule has 0 bridgehead atoms. The minimum atomic E-state index is -0.726. The van der Waals surface area contributed by atoms with Gasteiger partial charge in [-0.05, 0) is 31.1 Å². The Kier molecular flexibility index (Phi) is 4.07. The van der Waals surface area contributed by atoms with Gasteiger partial charge in [0.25, 0.3) is 5.56 Å². The van der Waals surface area contributed by atoms with E-state index in [9.17, 15) is 14.7 Å². The van der Waals surface area contributed by atoms with Gasteiger partial charge in [-0.2, -0.15) is 0 Å². The molecule has 1 fully saturated rings. The van der Waals surface area contributed by atoms with Gasteiger partial charge in [0.15, 0.2) is 0 Å². The second-order valence-corrected chi connectivity index (χ2v) is 6.55. The summed E-state index contributed by atoms with van der Waals surface area (Å²) in [5, 5.41) is 12.7. The lowest BCUT2D eigenvalue weighted by molar-refractivity contribution is -0.149. The first kappa shape index (κ1) is 15.5. The zero-order valence-electron chi connectivity index (χ0n) is 12.9. The molecule has 21 heavy (non-hydrogen) atoms. The van der Waals surface area contributed by atoms with Gasteiger partial charge in [-0.3, -0.25) is 9.59 Å². The van der Waals surface area contributed by atoms with E-state index < -0.39 is 5.97 Å². The predicted molar refractivity (Wildman–Crippen MR) is 80.3 cm³/mol. The van der Waals surface area contributed by atoms with Crippen molar-refractivity contribution >= 4 is 11.8 Å². The van der Waals surface area contributed by atoms with E-state index in [4.69, 9.17) is 0 Å². The number of carboxylic acid groups (broad SMARTS) is 1. The first-order valence-electron chi connectivity index (χ1n) is 7.29. The number of hydrogen-bond acceptors (Lipinski definition) is 4. The maximum Gasteiger partial charge on any atom is 0.307 e. The largest absolute Gasteiger partial charge is 0.481 e. The average molecular weight is 293 g/mol. The smallest absolute Gasteiger partial charge is 0.307 e.